The number of thiazole rings is 2. The third-order valence-electron chi connectivity index (χ3n) is 2.41. The van der Waals surface area contributed by atoms with Crippen LogP contribution in [-0.2, 0) is 0 Å². The van der Waals surface area contributed by atoms with Crippen LogP contribution in [0.5, 0.6) is 5.75 Å². The number of ether oxygens (including phenoxy) is 1. The van der Waals surface area contributed by atoms with Crippen molar-refractivity contribution >= 4 is 38.8 Å². The van der Waals surface area contributed by atoms with Crippen molar-refractivity contribution in [2.24, 2.45) is 0 Å². The molecule has 0 aliphatic rings. The van der Waals surface area contributed by atoms with Crippen LogP contribution in [0.25, 0.3) is 0 Å². The molecule has 0 aromatic carbocycles. The second-order valence-corrected chi connectivity index (χ2v) is 5.27. The molecule has 0 saturated heterocycles. The highest BCUT2D eigenvalue weighted by atomic mass is 32.1. The first-order valence-electron chi connectivity index (χ1n) is 5.47. The fourth-order valence-corrected chi connectivity index (χ4v) is 2.91. The standard InChI is InChI=1S/C12H10N4OS2/c1-17-9-2-3-10(15-8-9)16(11-13-4-6-18-11)12-14-5-7-19-12/h2-8H,1H3. The summed E-state index contributed by atoms with van der Waals surface area (Å²) in [7, 11) is 1.62. The summed E-state index contributed by atoms with van der Waals surface area (Å²) in [5.74, 6) is 1.49. The Morgan fingerprint density at radius 1 is 1.00 bits per heavy atom. The van der Waals surface area contributed by atoms with Crippen LogP contribution < -0.4 is 9.64 Å². The molecule has 0 N–H and O–H groups in total. The fraction of sp³-hybridized carbons (Fsp3) is 0.0833. The maximum absolute atomic E-state index is 5.12. The molecule has 3 heterocycles. The third-order valence-corrected chi connectivity index (χ3v) is 3.92. The van der Waals surface area contributed by atoms with E-state index in [4.69, 9.17) is 4.74 Å². The lowest BCUT2D eigenvalue weighted by Crippen LogP contribution is -2.10. The van der Waals surface area contributed by atoms with Gasteiger partial charge in [-0.1, -0.05) is 0 Å². The first kappa shape index (κ1) is 12.1. The van der Waals surface area contributed by atoms with E-state index in [0.29, 0.717) is 0 Å². The maximum atomic E-state index is 5.12. The van der Waals surface area contributed by atoms with Crippen molar-refractivity contribution in [3.8, 4) is 5.75 Å². The van der Waals surface area contributed by atoms with Crippen molar-refractivity contribution in [1.82, 2.24) is 15.0 Å². The molecular weight excluding hydrogens is 280 g/mol. The third kappa shape index (κ3) is 2.42. The summed E-state index contributed by atoms with van der Waals surface area (Å²) in [5, 5.41) is 5.54. The molecule has 3 aromatic heterocycles. The number of aromatic nitrogens is 3. The number of rotatable bonds is 4. The van der Waals surface area contributed by atoms with Gasteiger partial charge in [0.2, 0.25) is 0 Å². The van der Waals surface area contributed by atoms with E-state index < -0.39 is 0 Å². The van der Waals surface area contributed by atoms with Crippen LogP contribution in [0.1, 0.15) is 0 Å². The van der Waals surface area contributed by atoms with Crippen molar-refractivity contribution in [1.29, 1.82) is 0 Å². The summed E-state index contributed by atoms with van der Waals surface area (Å²) in [6, 6.07) is 3.76. The Hall–Kier alpha value is -1.99. The lowest BCUT2D eigenvalue weighted by Gasteiger charge is -2.17. The number of methoxy groups -OCH3 is 1. The molecule has 0 atom stereocenters. The van der Waals surface area contributed by atoms with E-state index in [2.05, 4.69) is 15.0 Å². The Kier molecular flexibility index (Phi) is 3.39. The normalized spacial score (nSPS) is 10.4. The van der Waals surface area contributed by atoms with E-state index in [1.165, 1.54) is 0 Å². The molecule has 0 unspecified atom stereocenters. The van der Waals surface area contributed by atoms with Gasteiger partial charge in [-0.05, 0) is 12.1 Å². The maximum Gasteiger partial charge on any atom is 0.197 e. The Morgan fingerprint density at radius 2 is 1.68 bits per heavy atom. The van der Waals surface area contributed by atoms with Gasteiger partial charge in [-0.2, -0.15) is 0 Å². The first-order valence-corrected chi connectivity index (χ1v) is 7.23. The van der Waals surface area contributed by atoms with Gasteiger partial charge in [0.15, 0.2) is 10.3 Å². The first-order chi connectivity index (χ1) is 9.38. The monoisotopic (exact) mass is 290 g/mol. The second-order valence-electron chi connectivity index (χ2n) is 3.52. The largest absolute Gasteiger partial charge is 0.495 e. The number of nitrogens with zero attached hydrogens (tertiary/aromatic N) is 4. The van der Waals surface area contributed by atoms with Gasteiger partial charge in [-0.25, -0.2) is 19.9 Å². The van der Waals surface area contributed by atoms with Crippen LogP contribution in [-0.4, -0.2) is 22.1 Å². The van der Waals surface area contributed by atoms with Gasteiger partial charge in [0, 0.05) is 23.2 Å². The molecule has 5 nitrogen and oxygen atoms in total. The van der Waals surface area contributed by atoms with Crippen LogP contribution in [0, 0.1) is 0 Å². The summed E-state index contributed by atoms with van der Waals surface area (Å²) in [5.41, 5.74) is 0. The molecule has 19 heavy (non-hydrogen) atoms. The average molecular weight is 290 g/mol. The Labute approximate surface area is 118 Å². The second kappa shape index (κ2) is 5.33. The van der Waals surface area contributed by atoms with Crippen LogP contribution in [0.3, 0.4) is 0 Å². The summed E-state index contributed by atoms with van der Waals surface area (Å²) < 4.78 is 5.12. The van der Waals surface area contributed by atoms with Crippen LogP contribution in [0.2, 0.25) is 0 Å². The zero-order valence-corrected chi connectivity index (χ0v) is 11.7. The predicted octanol–water partition coefficient (Wildman–Crippen LogP) is 3.47. The van der Waals surface area contributed by atoms with Crippen molar-refractivity contribution in [2.45, 2.75) is 0 Å². The molecule has 0 spiro atoms. The van der Waals surface area contributed by atoms with Crippen LogP contribution in [0.4, 0.5) is 16.1 Å². The van der Waals surface area contributed by atoms with Gasteiger partial charge in [0.05, 0.1) is 13.3 Å². The predicted molar refractivity (Wildman–Crippen MR) is 76.8 cm³/mol. The zero-order chi connectivity index (χ0) is 13.1. The number of anilines is 3. The van der Waals surface area contributed by atoms with E-state index >= 15 is 0 Å². The van der Waals surface area contributed by atoms with Crippen LogP contribution >= 0.6 is 22.7 Å². The van der Waals surface area contributed by atoms with E-state index in [0.717, 1.165) is 21.8 Å². The minimum atomic E-state index is 0.724. The van der Waals surface area contributed by atoms with E-state index in [1.54, 1.807) is 48.4 Å². The molecule has 0 fully saturated rings. The minimum Gasteiger partial charge on any atom is -0.495 e. The highest BCUT2D eigenvalue weighted by molar-refractivity contribution is 7.16. The van der Waals surface area contributed by atoms with Gasteiger partial charge < -0.3 is 4.74 Å². The SMILES string of the molecule is COc1ccc(N(c2nccs2)c2nccs2)nc1. The average Bonchev–Trinajstić information content (AvgIpc) is 3.13. The molecule has 0 amide bonds. The van der Waals surface area contributed by atoms with E-state index in [1.807, 2.05) is 27.8 Å². The number of pyridine rings is 1. The minimum absolute atomic E-state index is 0.724. The van der Waals surface area contributed by atoms with Crippen LogP contribution in [0.15, 0.2) is 41.5 Å². The van der Waals surface area contributed by atoms with E-state index in [9.17, 15) is 0 Å². The quantitative estimate of drug-likeness (QED) is 0.736. The van der Waals surface area contributed by atoms with Gasteiger partial charge in [-0.3, -0.25) is 0 Å². The Bertz CT molecular complexity index is 588. The summed E-state index contributed by atoms with van der Waals surface area (Å²) in [6.07, 6.45) is 5.22. The van der Waals surface area contributed by atoms with Gasteiger partial charge in [-0.15, -0.1) is 22.7 Å². The molecule has 3 aromatic rings. The molecule has 0 radical (unpaired) electrons. The van der Waals surface area contributed by atoms with Crippen molar-refractivity contribution in [3.63, 3.8) is 0 Å². The van der Waals surface area contributed by atoms with Crippen molar-refractivity contribution < 1.29 is 4.74 Å². The van der Waals surface area contributed by atoms with Gasteiger partial charge >= 0.3 is 0 Å². The Balaban J connectivity index is 2.04. The highest BCUT2D eigenvalue weighted by Crippen LogP contribution is 2.35. The molecule has 0 aliphatic heterocycles. The molecule has 7 heteroatoms. The number of hydrogen-bond donors (Lipinski definition) is 0. The lowest BCUT2D eigenvalue weighted by molar-refractivity contribution is 0.413. The van der Waals surface area contributed by atoms with Crippen molar-refractivity contribution in [2.75, 3.05) is 12.0 Å². The zero-order valence-electron chi connectivity index (χ0n) is 10.1. The fourth-order valence-electron chi connectivity index (χ4n) is 1.56. The molecule has 0 aliphatic carbocycles. The summed E-state index contributed by atoms with van der Waals surface area (Å²) >= 11 is 3.09. The van der Waals surface area contributed by atoms with Gasteiger partial charge in [0.25, 0.3) is 0 Å². The van der Waals surface area contributed by atoms with Crippen molar-refractivity contribution in [3.05, 3.63) is 41.5 Å². The van der Waals surface area contributed by atoms with E-state index in [-0.39, 0.29) is 0 Å². The number of hydrogen-bond acceptors (Lipinski definition) is 7. The highest BCUT2D eigenvalue weighted by Gasteiger charge is 2.17. The smallest absolute Gasteiger partial charge is 0.197 e. The molecule has 96 valence electrons. The molecule has 3 rings (SSSR count). The molecule has 0 saturated carbocycles. The lowest BCUT2D eigenvalue weighted by atomic mass is 10.4. The summed E-state index contributed by atoms with van der Waals surface area (Å²) in [4.78, 5) is 15.0. The topological polar surface area (TPSA) is 51.1 Å². The molecular formula is C12H10N4OS2. The van der Waals surface area contributed by atoms with Gasteiger partial charge in [0.1, 0.15) is 11.6 Å². The molecule has 0 bridgehead atoms. The Morgan fingerprint density at radius 3 is 2.11 bits per heavy atom. The summed E-state index contributed by atoms with van der Waals surface area (Å²) in [6.45, 7) is 0.